The molecule has 8 heteroatoms. The number of rotatable bonds is 4. The quantitative estimate of drug-likeness (QED) is 0.753. The second kappa shape index (κ2) is 6.83. The predicted octanol–water partition coefficient (Wildman–Crippen LogP) is 2.28. The van der Waals surface area contributed by atoms with Crippen molar-refractivity contribution in [3.05, 3.63) is 59.2 Å². The molecule has 3 rings (SSSR count). The van der Waals surface area contributed by atoms with E-state index in [-0.39, 0.29) is 17.5 Å². The molecule has 0 atom stereocenters. The molecule has 0 saturated carbocycles. The van der Waals surface area contributed by atoms with Crippen molar-refractivity contribution in [3.8, 4) is 0 Å². The van der Waals surface area contributed by atoms with Crippen LogP contribution in [0.1, 0.15) is 32.1 Å². The van der Waals surface area contributed by atoms with Crippen LogP contribution in [0.5, 0.6) is 0 Å². The van der Waals surface area contributed by atoms with E-state index in [1.54, 1.807) is 37.1 Å². The van der Waals surface area contributed by atoms with Crippen LogP contribution in [-0.4, -0.2) is 31.4 Å². The molecular weight excluding hydrogens is 332 g/mol. The van der Waals surface area contributed by atoms with Gasteiger partial charge in [-0.15, -0.1) is 0 Å². The lowest BCUT2D eigenvalue weighted by Crippen LogP contribution is -2.20. The Kier molecular flexibility index (Phi) is 4.57. The molecule has 3 aromatic rings. The van der Waals surface area contributed by atoms with Gasteiger partial charge < -0.3 is 10.6 Å². The van der Waals surface area contributed by atoms with Crippen LogP contribution >= 0.6 is 0 Å². The maximum atomic E-state index is 12.7. The van der Waals surface area contributed by atoms with Gasteiger partial charge in [0.2, 0.25) is 0 Å². The van der Waals surface area contributed by atoms with E-state index < -0.39 is 0 Å². The van der Waals surface area contributed by atoms with Crippen LogP contribution in [0.25, 0.3) is 0 Å². The first-order valence-electron chi connectivity index (χ1n) is 8.07. The van der Waals surface area contributed by atoms with E-state index in [0.717, 1.165) is 11.3 Å². The average Bonchev–Trinajstić information content (AvgIpc) is 3.11. The Bertz CT molecular complexity index is 985. The van der Waals surface area contributed by atoms with Gasteiger partial charge in [0.15, 0.2) is 0 Å². The molecule has 2 amide bonds. The predicted molar refractivity (Wildman–Crippen MR) is 98.2 cm³/mol. The molecule has 0 bridgehead atoms. The number of carbonyl (C=O) groups is 2. The Morgan fingerprint density at radius 2 is 1.58 bits per heavy atom. The zero-order valence-electron chi connectivity index (χ0n) is 15.1. The molecule has 2 aromatic heterocycles. The highest BCUT2D eigenvalue weighted by molar-refractivity contribution is 6.11. The van der Waals surface area contributed by atoms with E-state index >= 15 is 0 Å². The highest BCUT2D eigenvalue weighted by atomic mass is 16.2. The minimum absolute atomic E-state index is 0.259. The van der Waals surface area contributed by atoms with Gasteiger partial charge in [-0.3, -0.25) is 19.0 Å². The van der Waals surface area contributed by atoms with Crippen molar-refractivity contribution in [2.45, 2.75) is 13.8 Å². The maximum absolute atomic E-state index is 12.7. The van der Waals surface area contributed by atoms with E-state index in [9.17, 15) is 9.59 Å². The molecule has 2 N–H and O–H groups in total. The molecule has 26 heavy (non-hydrogen) atoms. The first kappa shape index (κ1) is 17.4. The number of nitrogens with one attached hydrogen (secondary N) is 2. The lowest BCUT2D eigenvalue weighted by molar-refractivity contribution is 0.101. The molecule has 2 heterocycles. The van der Waals surface area contributed by atoms with E-state index in [4.69, 9.17) is 0 Å². The number of nitrogens with zero attached hydrogens (tertiary/aromatic N) is 4. The third-order valence-corrected chi connectivity index (χ3v) is 4.17. The van der Waals surface area contributed by atoms with Crippen LogP contribution in [0.2, 0.25) is 0 Å². The summed E-state index contributed by atoms with van der Waals surface area (Å²) < 4.78 is 3.09. The second-order valence-corrected chi connectivity index (χ2v) is 6.08. The van der Waals surface area contributed by atoms with Crippen molar-refractivity contribution in [3.63, 3.8) is 0 Å². The van der Waals surface area contributed by atoms with Crippen molar-refractivity contribution in [1.82, 2.24) is 19.6 Å². The molecular formula is C18H20N6O2. The number of carbonyl (C=O) groups excluding carboxylic acids is 2. The lowest BCUT2D eigenvalue weighted by Gasteiger charge is -2.09. The van der Waals surface area contributed by atoms with Gasteiger partial charge >= 0.3 is 0 Å². The van der Waals surface area contributed by atoms with Crippen molar-refractivity contribution < 1.29 is 9.59 Å². The monoisotopic (exact) mass is 352 g/mol. The van der Waals surface area contributed by atoms with Gasteiger partial charge in [0.05, 0.1) is 29.5 Å². The number of hydrogen-bond donors (Lipinski definition) is 2. The topological polar surface area (TPSA) is 93.8 Å². The molecule has 0 radical (unpaired) electrons. The Labute approximate surface area is 150 Å². The number of aromatic nitrogens is 4. The fourth-order valence-corrected chi connectivity index (χ4v) is 2.58. The Morgan fingerprint density at radius 1 is 0.923 bits per heavy atom. The standard InChI is InChI=1S/C18H20N6O2/c1-11-6-5-7-13(8-11)17(25)22-15-10-20-24(4)16(15)18(26)21-14-9-19-23(3)12(14)2/h5-10H,1-4H3,(H,21,26)(H,22,25). The molecule has 0 fully saturated rings. The fraction of sp³-hybridized carbons (Fsp3) is 0.222. The smallest absolute Gasteiger partial charge is 0.276 e. The molecule has 1 aromatic carbocycles. The zero-order chi connectivity index (χ0) is 18.8. The van der Waals surface area contributed by atoms with Crippen molar-refractivity contribution in [2.75, 3.05) is 10.6 Å². The summed E-state index contributed by atoms with van der Waals surface area (Å²) >= 11 is 0. The van der Waals surface area contributed by atoms with Crippen LogP contribution in [0.4, 0.5) is 11.4 Å². The normalized spacial score (nSPS) is 10.6. The summed E-state index contributed by atoms with van der Waals surface area (Å²) in [6, 6.07) is 7.23. The summed E-state index contributed by atoms with van der Waals surface area (Å²) in [5.41, 5.74) is 3.53. The summed E-state index contributed by atoms with van der Waals surface area (Å²) in [4.78, 5) is 25.2. The van der Waals surface area contributed by atoms with E-state index in [2.05, 4.69) is 20.8 Å². The maximum Gasteiger partial charge on any atom is 0.276 e. The summed E-state index contributed by atoms with van der Waals surface area (Å²) in [6.45, 7) is 3.77. The van der Waals surface area contributed by atoms with Crippen LogP contribution < -0.4 is 10.6 Å². The summed E-state index contributed by atoms with van der Waals surface area (Å²) in [5, 5.41) is 13.8. The number of aryl methyl sites for hydroxylation is 3. The van der Waals surface area contributed by atoms with Gasteiger partial charge in [0.1, 0.15) is 5.69 Å². The van der Waals surface area contributed by atoms with Gasteiger partial charge in [-0.2, -0.15) is 10.2 Å². The average molecular weight is 352 g/mol. The molecule has 134 valence electrons. The highest BCUT2D eigenvalue weighted by Crippen LogP contribution is 2.19. The summed E-state index contributed by atoms with van der Waals surface area (Å²) in [6.07, 6.45) is 3.04. The van der Waals surface area contributed by atoms with E-state index in [1.165, 1.54) is 10.9 Å². The summed E-state index contributed by atoms with van der Waals surface area (Å²) in [7, 11) is 3.44. The molecule has 8 nitrogen and oxygen atoms in total. The number of amides is 2. The molecule has 0 aliphatic heterocycles. The van der Waals surface area contributed by atoms with Crippen LogP contribution in [0, 0.1) is 13.8 Å². The third kappa shape index (κ3) is 3.34. The number of hydrogen-bond acceptors (Lipinski definition) is 4. The fourth-order valence-electron chi connectivity index (χ4n) is 2.58. The number of anilines is 2. The van der Waals surface area contributed by atoms with Gasteiger partial charge in [0.25, 0.3) is 11.8 Å². The second-order valence-electron chi connectivity index (χ2n) is 6.08. The van der Waals surface area contributed by atoms with Gasteiger partial charge in [-0.05, 0) is 26.0 Å². The molecule has 0 spiro atoms. The Morgan fingerprint density at radius 3 is 2.23 bits per heavy atom. The van der Waals surface area contributed by atoms with Crippen LogP contribution in [0.15, 0.2) is 36.7 Å². The van der Waals surface area contributed by atoms with Gasteiger partial charge in [0, 0.05) is 19.7 Å². The van der Waals surface area contributed by atoms with Crippen molar-refractivity contribution >= 4 is 23.2 Å². The highest BCUT2D eigenvalue weighted by Gasteiger charge is 2.20. The molecule has 0 unspecified atom stereocenters. The van der Waals surface area contributed by atoms with Crippen LogP contribution in [-0.2, 0) is 14.1 Å². The Balaban J connectivity index is 1.83. The largest absolute Gasteiger partial charge is 0.319 e. The van der Waals surface area contributed by atoms with E-state index in [1.807, 2.05) is 26.0 Å². The minimum Gasteiger partial charge on any atom is -0.319 e. The molecule has 0 aliphatic carbocycles. The summed E-state index contributed by atoms with van der Waals surface area (Å²) in [5.74, 6) is -0.672. The van der Waals surface area contributed by atoms with Crippen LogP contribution in [0.3, 0.4) is 0 Å². The van der Waals surface area contributed by atoms with Crippen molar-refractivity contribution in [2.24, 2.45) is 14.1 Å². The molecule has 0 saturated heterocycles. The number of benzene rings is 1. The lowest BCUT2D eigenvalue weighted by atomic mass is 10.1. The Hall–Kier alpha value is -3.42. The first-order valence-corrected chi connectivity index (χ1v) is 8.07. The zero-order valence-corrected chi connectivity index (χ0v) is 15.1. The first-order chi connectivity index (χ1) is 12.4. The molecule has 0 aliphatic rings. The van der Waals surface area contributed by atoms with E-state index in [0.29, 0.717) is 16.9 Å². The van der Waals surface area contributed by atoms with Gasteiger partial charge in [-0.25, -0.2) is 0 Å². The minimum atomic E-state index is -0.374. The SMILES string of the molecule is Cc1cccc(C(=O)Nc2cnn(C)c2C(=O)Nc2cnn(C)c2C)c1. The third-order valence-electron chi connectivity index (χ3n) is 4.17. The van der Waals surface area contributed by atoms with Gasteiger partial charge in [-0.1, -0.05) is 17.7 Å². The van der Waals surface area contributed by atoms with Crippen molar-refractivity contribution in [1.29, 1.82) is 0 Å².